The third-order valence-electron chi connectivity index (χ3n) is 5.23. The summed E-state index contributed by atoms with van der Waals surface area (Å²) in [6, 6.07) is 0.402. The average molecular weight is 711 g/mol. The van der Waals surface area contributed by atoms with Crippen molar-refractivity contribution in [2.75, 3.05) is 13.2 Å². The van der Waals surface area contributed by atoms with Crippen molar-refractivity contribution in [1.29, 1.82) is 0 Å². The van der Waals surface area contributed by atoms with Gasteiger partial charge >= 0.3 is 101 Å². The van der Waals surface area contributed by atoms with Gasteiger partial charge in [-0.05, 0) is 24.7 Å². The predicted octanol–water partition coefficient (Wildman–Crippen LogP) is 3.95. The zero-order chi connectivity index (χ0) is 30.2. The third-order valence-corrected chi connectivity index (χ3v) is 11.9. The van der Waals surface area contributed by atoms with Crippen LogP contribution < -0.4 is 0 Å². The second kappa shape index (κ2) is 11.6. The molecule has 2 rings (SSSR count). The minimum absolute atomic E-state index is 0.115. The van der Waals surface area contributed by atoms with E-state index < -0.39 is 53.2 Å². The van der Waals surface area contributed by atoms with Crippen LogP contribution in [0.1, 0.15) is 55.4 Å². The van der Waals surface area contributed by atoms with Crippen LogP contribution in [0.15, 0.2) is 9.98 Å². The summed E-state index contributed by atoms with van der Waals surface area (Å²) < 4.78 is 128. The van der Waals surface area contributed by atoms with Crippen LogP contribution >= 0.6 is 0 Å². The van der Waals surface area contributed by atoms with E-state index in [0.717, 1.165) is 11.8 Å². The molecule has 0 unspecified atom stereocenters. The van der Waals surface area contributed by atoms with Crippen molar-refractivity contribution in [3.8, 4) is 0 Å². The average Bonchev–Trinajstić information content (AvgIpc) is 3.36. The normalized spacial score (nSPS) is 21.6. The van der Waals surface area contributed by atoms with Crippen molar-refractivity contribution in [2.45, 2.75) is 78.5 Å². The van der Waals surface area contributed by atoms with E-state index in [0.29, 0.717) is 13.2 Å². The van der Waals surface area contributed by atoms with Crippen molar-refractivity contribution < 1.29 is 57.7 Å². The number of ether oxygens (including phenoxy) is 2. The van der Waals surface area contributed by atoms with Gasteiger partial charge in [-0.25, -0.2) is 9.98 Å². The van der Waals surface area contributed by atoms with Crippen LogP contribution in [0.2, 0.25) is 0 Å². The summed E-state index contributed by atoms with van der Waals surface area (Å²) in [6.07, 6.45) is 0. The summed E-state index contributed by atoms with van der Waals surface area (Å²) in [7, 11) is -12.3. The Balaban J connectivity index is 0.000000391. The van der Waals surface area contributed by atoms with Crippen LogP contribution in [0.25, 0.3) is 0 Å². The summed E-state index contributed by atoms with van der Waals surface area (Å²) in [5.74, 6) is 1.52. The number of rotatable bonds is 6. The van der Waals surface area contributed by atoms with Gasteiger partial charge in [-0.15, -0.1) is 0 Å². The Morgan fingerprint density at radius 2 is 0.974 bits per heavy atom. The Kier molecular flexibility index (Phi) is 10.7. The van der Waals surface area contributed by atoms with Gasteiger partial charge in [-0.3, -0.25) is 0 Å². The second-order valence-electron chi connectivity index (χ2n) is 10.9. The molecule has 0 saturated carbocycles. The van der Waals surface area contributed by atoms with E-state index in [1.165, 1.54) is 0 Å². The second-order valence-corrected chi connectivity index (χ2v) is 17.3. The van der Waals surface area contributed by atoms with Crippen LogP contribution in [-0.4, -0.2) is 86.9 Å². The molecule has 0 amide bonds. The molecular weight excluding hydrogens is 681 g/mol. The molecule has 2 radical (unpaired) electrons. The summed E-state index contributed by atoms with van der Waals surface area (Å²) >= 11 is -3.86. The van der Waals surface area contributed by atoms with Crippen LogP contribution in [0.3, 0.4) is 0 Å². The zero-order valence-electron chi connectivity index (χ0n) is 21.8. The maximum atomic E-state index is 11.6. The van der Waals surface area contributed by atoms with Crippen LogP contribution in [-0.2, 0) is 34.8 Å². The Bertz CT molecular complexity index is 1040. The fraction of sp³-hybridized carbons (Fsp3) is 0.895. The molecule has 2 aliphatic heterocycles. The topological polar surface area (TPSA) is 130 Å². The molecule has 19 heteroatoms. The summed E-state index contributed by atoms with van der Waals surface area (Å²) in [6.45, 7) is 18.6. The van der Waals surface area contributed by atoms with E-state index in [1.54, 1.807) is 0 Å². The molecule has 0 saturated heterocycles. The number of halogens is 6. The molecule has 0 bridgehead atoms. The molecule has 222 valence electrons. The van der Waals surface area contributed by atoms with Crippen molar-refractivity contribution in [3.63, 3.8) is 0 Å². The fourth-order valence-electron chi connectivity index (χ4n) is 2.61. The Morgan fingerprint density at radius 3 is 1.18 bits per heavy atom. The van der Waals surface area contributed by atoms with Crippen molar-refractivity contribution in [1.82, 2.24) is 0 Å². The van der Waals surface area contributed by atoms with Gasteiger partial charge in [0, 0.05) is 0 Å². The first-order valence-electron chi connectivity index (χ1n) is 10.8. The van der Waals surface area contributed by atoms with Crippen molar-refractivity contribution in [2.24, 2.45) is 26.2 Å². The molecule has 0 N–H and O–H groups in total. The number of alkyl halides is 6. The molecule has 2 aliphatic rings. The molecule has 0 fully saturated rings. The Hall–Kier alpha value is -0.861. The van der Waals surface area contributed by atoms with E-state index in [9.17, 15) is 43.2 Å². The van der Waals surface area contributed by atoms with Crippen molar-refractivity contribution in [3.05, 3.63) is 0 Å². The molecular formula is C19H30F6N2O8S2Sn. The summed E-state index contributed by atoms with van der Waals surface area (Å²) in [5.41, 5.74) is -11.9. The monoisotopic (exact) mass is 712 g/mol. The number of hydrogen-bond acceptors (Lipinski definition) is 10. The molecule has 0 aromatic carbocycles. The number of nitrogens with zero attached hydrogens (tertiary/aromatic N) is 2. The maximum absolute atomic E-state index is 11.6. The van der Waals surface area contributed by atoms with Gasteiger partial charge in [0.15, 0.2) is 11.8 Å². The molecule has 2 heterocycles. The Labute approximate surface area is 229 Å². The quantitative estimate of drug-likeness (QED) is 0.230. The van der Waals surface area contributed by atoms with Gasteiger partial charge < -0.3 is 9.47 Å². The molecule has 2 atom stereocenters. The third kappa shape index (κ3) is 9.09. The van der Waals surface area contributed by atoms with Crippen molar-refractivity contribution >= 4 is 54.0 Å². The van der Waals surface area contributed by atoms with Crippen LogP contribution in [0.5, 0.6) is 0 Å². The first kappa shape index (κ1) is 35.2. The van der Waals surface area contributed by atoms with Gasteiger partial charge in [0.25, 0.3) is 0 Å². The standard InChI is InChI=1S/C17H30N2O2.2CHF3O3S.Sn/c1-15(2,3)11-9-20-13(18-11)17(7,8)14-19-12(10-21-14)16(4,5)6;2*2-1(3,4)8(5,6)7;/h11-12H,9-10H2,1-8H3;2*(H,5,6,7);/q;;;+2/p-2/t11-,12-;;;/m0.../s1. The summed E-state index contributed by atoms with van der Waals surface area (Å²) in [5, 5.41) is 0. The van der Waals surface area contributed by atoms with E-state index in [1.807, 2.05) is 0 Å². The fourth-order valence-corrected chi connectivity index (χ4v) is 6.95. The first-order valence-corrected chi connectivity index (χ1v) is 15.9. The van der Waals surface area contributed by atoms with Crippen LogP contribution in [0.4, 0.5) is 26.3 Å². The van der Waals surface area contributed by atoms with E-state index in [2.05, 4.69) is 60.4 Å². The molecule has 38 heavy (non-hydrogen) atoms. The van der Waals surface area contributed by atoms with E-state index in [-0.39, 0.29) is 28.3 Å². The van der Waals surface area contributed by atoms with Crippen LogP contribution in [0, 0.1) is 16.2 Å². The minimum atomic E-state index is -6.15. The number of hydrogen-bond donors (Lipinski definition) is 0. The Morgan fingerprint density at radius 1 is 0.684 bits per heavy atom. The SMILES string of the molecule is CC(C)(C1=N[C@H](C(C)(C)C)CO1)C1=N[C@H](C(C)(C)C)CO1.O=S(=O)([O][Sn][O]S(=O)(=O)C(F)(F)F)C(F)(F)F. The van der Waals surface area contributed by atoms with Gasteiger partial charge in [0.2, 0.25) is 0 Å². The predicted molar refractivity (Wildman–Crippen MR) is 125 cm³/mol. The van der Waals surface area contributed by atoms with Gasteiger partial charge in [0.1, 0.15) is 18.6 Å². The molecule has 0 aromatic heterocycles. The summed E-state index contributed by atoms with van der Waals surface area (Å²) in [4.78, 5) is 9.59. The van der Waals surface area contributed by atoms with E-state index in [4.69, 9.17) is 19.5 Å². The zero-order valence-corrected chi connectivity index (χ0v) is 26.3. The molecule has 10 nitrogen and oxygen atoms in total. The van der Waals surface area contributed by atoms with E-state index >= 15 is 0 Å². The molecule has 0 spiro atoms. The first-order chi connectivity index (χ1) is 16.6. The molecule has 0 aliphatic carbocycles. The van der Waals surface area contributed by atoms with Gasteiger partial charge in [-0.2, -0.15) is 0 Å². The van der Waals surface area contributed by atoms with Gasteiger partial charge in [-0.1, -0.05) is 41.5 Å². The number of aliphatic imine (C=N–C) groups is 2. The molecule has 0 aromatic rings. The van der Waals surface area contributed by atoms with Gasteiger partial charge in [0.05, 0.1) is 12.1 Å².